The van der Waals surface area contributed by atoms with E-state index in [1.165, 1.54) is 0 Å². The van der Waals surface area contributed by atoms with Crippen LogP contribution in [0.4, 0.5) is 8.78 Å². The fourth-order valence-corrected chi connectivity index (χ4v) is 0.350. The van der Waals surface area contributed by atoms with Crippen LogP contribution in [0.3, 0.4) is 0 Å². The molecular weight excluding hydrogens is 118 g/mol. The summed E-state index contributed by atoms with van der Waals surface area (Å²) in [5.41, 5.74) is -0.794. The van der Waals surface area contributed by atoms with E-state index in [9.17, 15) is 13.6 Å². The molecule has 0 fully saturated rings. The molecule has 0 aromatic heterocycles. The minimum absolute atomic E-state index is 0.412. The zero-order chi connectivity index (χ0) is 6.36. The zero-order valence-electron chi connectivity index (χ0n) is 3.69. The number of rotatable bonds is 1. The number of carbonyl (C=O) groups is 1. The monoisotopic (exact) mass is 120 g/mol. The zero-order valence-corrected chi connectivity index (χ0v) is 3.69. The highest BCUT2D eigenvalue weighted by atomic mass is 19.3. The molecule has 0 spiro atoms. The highest BCUT2D eigenvalue weighted by molar-refractivity contribution is 5.94. The average molecular weight is 120 g/mol. The van der Waals surface area contributed by atoms with E-state index >= 15 is 0 Å². The molecule has 2 nitrogen and oxygen atoms in total. The maximum atomic E-state index is 11.6. The molecule has 1 rings (SSSR count). The first-order valence-electron chi connectivity index (χ1n) is 1.88. The Bertz CT molecular complexity index is 171. The van der Waals surface area contributed by atoms with Crippen LogP contribution in [0.25, 0.3) is 0 Å². The maximum Gasteiger partial charge on any atom is 0.337 e. The predicted molar refractivity (Wildman–Crippen MR) is 20.7 cm³/mol. The van der Waals surface area contributed by atoms with Gasteiger partial charge in [-0.3, -0.25) is 0 Å². The van der Waals surface area contributed by atoms with Gasteiger partial charge < -0.3 is 5.11 Å². The van der Waals surface area contributed by atoms with E-state index in [-0.39, 0.29) is 0 Å². The first-order valence-corrected chi connectivity index (χ1v) is 1.88. The van der Waals surface area contributed by atoms with Gasteiger partial charge in [-0.1, -0.05) is 0 Å². The Labute approximate surface area is 43.4 Å². The molecule has 0 aromatic rings. The van der Waals surface area contributed by atoms with E-state index in [1.54, 1.807) is 0 Å². The lowest BCUT2D eigenvalue weighted by Gasteiger charge is -1.87. The summed E-state index contributed by atoms with van der Waals surface area (Å²) < 4.78 is 23.1. The van der Waals surface area contributed by atoms with Crippen molar-refractivity contribution in [3.05, 3.63) is 11.6 Å². The van der Waals surface area contributed by atoms with Crippen molar-refractivity contribution in [1.82, 2.24) is 0 Å². The first-order chi connectivity index (χ1) is 3.54. The molecule has 1 N–H and O–H groups in total. The van der Waals surface area contributed by atoms with Gasteiger partial charge in [-0.15, -0.1) is 0 Å². The van der Waals surface area contributed by atoms with Gasteiger partial charge in [-0.2, -0.15) is 8.78 Å². The van der Waals surface area contributed by atoms with Crippen LogP contribution in [-0.2, 0) is 4.79 Å². The van der Waals surface area contributed by atoms with Crippen molar-refractivity contribution in [1.29, 1.82) is 0 Å². The second-order valence-corrected chi connectivity index (χ2v) is 1.49. The highest BCUT2D eigenvalue weighted by Gasteiger charge is 2.50. The Morgan fingerprint density at radius 1 is 1.75 bits per heavy atom. The molecule has 0 aliphatic heterocycles. The minimum Gasteiger partial charge on any atom is -0.478 e. The van der Waals surface area contributed by atoms with Gasteiger partial charge in [0.15, 0.2) is 0 Å². The van der Waals surface area contributed by atoms with Crippen LogP contribution in [0.15, 0.2) is 11.6 Å². The van der Waals surface area contributed by atoms with Crippen LogP contribution < -0.4 is 0 Å². The SMILES string of the molecule is O=C(O)C1=CC1(F)F. The Balaban J connectivity index is 2.59. The summed E-state index contributed by atoms with van der Waals surface area (Å²) in [4.78, 5) is 9.63. The quantitative estimate of drug-likeness (QED) is 0.551. The van der Waals surface area contributed by atoms with Crippen molar-refractivity contribution in [3.63, 3.8) is 0 Å². The van der Waals surface area contributed by atoms with Gasteiger partial charge in [-0.25, -0.2) is 4.79 Å². The summed E-state index contributed by atoms with van der Waals surface area (Å²) in [6.07, 6.45) is 0.412. The molecule has 0 unspecified atom stereocenters. The number of hydrogen-bond donors (Lipinski definition) is 1. The summed E-state index contributed by atoms with van der Waals surface area (Å²) >= 11 is 0. The molecule has 0 bridgehead atoms. The van der Waals surface area contributed by atoms with Gasteiger partial charge in [0.2, 0.25) is 0 Å². The number of alkyl halides is 2. The predicted octanol–water partition coefficient (Wildman–Crippen LogP) is 0.646. The van der Waals surface area contributed by atoms with E-state index in [1.807, 2.05) is 0 Å². The van der Waals surface area contributed by atoms with Gasteiger partial charge in [-0.05, 0) is 0 Å². The number of halogens is 2. The first kappa shape index (κ1) is 5.21. The van der Waals surface area contributed by atoms with Crippen LogP contribution >= 0.6 is 0 Å². The van der Waals surface area contributed by atoms with Crippen molar-refractivity contribution < 1.29 is 18.7 Å². The van der Waals surface area contributed by atoms with Gasteiger partial charge in [0.25, 0.3) is 5.92 Å². The lowest BCUT2D eigenvalue weighted by molar-refractivity contribution is -0.133. The third-order valence-corrected chi connectivity index (χ3v) is 0.832. The number of hydrogen-bond acceptors (Lipinski definition) is 1. The van der Waals surface area contributed by atoms with Crippen LogP contribution in [0, 0.1) is 0 Å². The Morgan fingerprint density at radius 3 is 2.12 bits per heavy atom. The third-order valence-electron chi connectivity index (χ3n) is 0.832. The number of aliphatic carboxylic acids is 1. The lowest BCUT2D eigenvalue weighted by atomic mass is 10.5. The van der Waals surface area contributed by atoms with E-state index in [0.717, 1.165) is 0 Å². The molecule has 4 heteroatoms. The van der Waals surface area contributed by atoms with Crippen molar-refractivity contribution >= 4 is 5.97 Å². The van der Waals surface area contributed by atoms with Gasteiger partial charge in [0.05, 0.1) is 0 Å². The van der Waals surface area contributed by atoms with E-state index in [4.69, 9.17) is 5.11 Å². The maximum absolute atomic E-state index is 11.6. The number of allylic oxidation sites excluding steroid dienone is 1. The molecule has 0 atom stereocenters. The lowest BCUT2D eigenvalue weighted by Crippen LogP contribution is -2.02. The topological polar surface area (TPSA) is 37.3 Å². The molecule has 0 aromatic carbocycles. The highest BCUT2D eigenvalue weighted by Crippen LogP contribution is 2.39. The van der Waals surface area contributed by atoms with Crippen molar-refractivity contribution in [3.8, 4) is 0 Å². The molecule has 0 saturated carbocycles. The van der Waals surface area contributed by atoms with Gasteiger partial charge >= 0.3 is 5.97 Å². The molecule has 0 amide bonds. The molecule has 44 valence electrons. The summed E-state index contributed by atoms with van der Waals surface area (Å²) in [5, 5.41) is 7.84. The van der Waals surface area contributed by atoms with Gasteiger partial charge in [0, 0.05) is 6.08 Å². The van der Waals surface area contributed by atoms with Crippen LogP contribution in [0.5, 0.6) is 0 Å². The summed E-state index contributed by atoms with van der Waals surface area (Å²) in [6.45, 7) is 0. The van der Waals surface area contributed by atoms with E-state index < -0.39 is 17.5 Å². The van der Waals surface area contributed by atoms with E-state index in [2.05, 4.69) is 0 Å². The Morgan fingerprint density at radius 2 is 2.12 bits per heavy atom. The van der Waals surface area contributed by atoms with Gasteiger partial charge in [0.1, 0.15) is 5.57 Å². The second kappa shape index (κ2) is 1.07. The van der Waals surface area contributed by atoms with Crippen LogP contribution in [0.2, 0.25) is 0 Å². The fraction of sp³-hybridized carbons (Fsp3) is 0.250. The molecule has 1 aliphatic carbocycles. The summed E-state index contributed by atoms with van der Waals surface area (Å²) in [7, 11) is 0. The number of carboxylic acid groups (broad SMARTS) is 1. The summed E-state index contributed by atoms with van der Waals surface area (Å²) in [6, 6.07) is 0. The molecule has 0 heterocycles. The molecular formula is C4H2F2O2. The largest absolute Gasteiger partial charge is 0.478 e. The standard InChI is InChI=1S/C4H2F2O2/c5-4(6)1-2(4)3(7)8/h1H,(H,7,8). The Kier molecular flexibility index (Phi) is 0.698. The number of carboxylic acids is 1. The Hall–Kier alpha value is -0.930. The molecule has 0 saturated heterocycles. The normalized spacial score (nSPS) is 22.0. The molecule has 0 radical (unpaired) electrons. The van der Waals surface area contributed by atoms with Crippen molar-refractivity contribution in [2.24, 2.45) is 0 Å². The second-order valence-electron chi connectivity index (χ2n) is 1.49. The van der Waals surface area contributed by atoms with Crippen molar-refractivity contribution in [2.45, 2.75) is 5.92 Å². The molecule has 8 heavy (non-hydrogen) atoms. The van der Waals surface area contributed by atoms with Crippen LogP contribution in [-0.4, -0.2) is 17.0 Å². The minimum atomic E-state index is -3.12. The van der Waals surface area contributed by atoms with Crippen molar-refractivity contribution in [2.75, 3.05) is 0 Å². The van der Waals surface area contributed by atoms with Crippen LogP contribution in [0.1, 0.15) is 0 Å². The molecule has 1 aliphatic rings. The average Bonchev–Trinajstić information content (AvgIpc) is 2.13. The summed E-state index contributed by atoms with van der Waals surface area (Å²) in [5.74, 6) is -4.65. The smallest absolute Gasteiger partial charge is 0.337 e. The third kappa shape index (κ3) is 0.576. The van der Waals surface area contributed by atoms with E-state index in [0.29, 0.717) is 6.08 Å². The fourth-order valence-electron chi connectivity index (χ4n) is 0.350.